The van der Waals surface area contributed by atoms with Gasteiger partial charge in [-0.25, -0.2) is 16.8 Å². The molecule has 0 heterocycles. The van der Waals surface area contributed by atoms with Crippen molar-refractivity contribution in [3.8, 4) is 0 Å². The van der Waals surface area contributed by atoms with E-state index in [9.17, 15) is 16.8 Å². The normalized spacial score (nSPS) is 18.4. The molecule has 3 aliphatic rings. The zero-order valence-corrected chi connectivity index (χ0v) is 22.7. The highest BCUT2D eigenvalue weighted by molar-refractivity contribution is 7.93. The number of fused-ring (bicyclic) bond motifs is 2. The summed E-state index contributed by atoms with van der Waals surface area (Å²) in [5.41, 5.74) is 4.68. The van der Waals surface area contributed by atoms with Gasteiger partial charge in [0.2, 0.25) is 0 Å². The highest BCUT2D eigenvalue weighted by atomic mass is 32.2. The van der Waals surface area contributed by atoms with Gasteiger partial charge in [-0.05, 0) is 62.1 Å². The predicted molar refractivity (Wildman–Crippen MR) is 152 cm³/mol. The van der Waals surface area contributed by atoms with Crippen molar-refractivity contribution < 1.29 is 16.8 Å². The lowest BCUT2D eigenvalue weighted by Gasteiger charge is -2.37. The Hall–Kier alpha value is -3.62. The summed E-state index contributed by atoms with van der Waals surface area (Å²) in [5, 5.41) is 1.31. The Morgan fingerprint density at radius 1 is 0.579 bits per heavy atom. The maximum Gasteiger partial charge on any atom is 0.261 e. The SMILES string of the molecule is Cc1ccc(S(=O)(=O)Nc2c3c(c(NS(=O)(=O)c4ccc(C)cc4)c4ccccc24)[C@H]2C=C[C@@H]3CC2)cc1. The zero-order chi connectivity index (χ0) is 26.7. The maximum atomic E-state index is 13.5. The molecule has 2 atom stereocenters. The second-order valence-corrected chi connectivity index (χ2v) is 13.5. The molecule has 0 unspecified atom stereocenters. The Balaban J connectivity index is 1.56. The fourth-order valence-corrected chi connectivity index (χ4v) is 7.79. The smallest absolute Gasteiger partial charge is 0.261 e. The fraction of sp³-hybridized carbons (Fsp3) is 0.200. The van der Waals surface area contributed by atoms with Crippen molar-refractivity contribution in [2.75, 3.05) is 9.44 Å². The first-order chi connectivity index (χ1) is 18.1. The molecule has 2 bridgehead atoms. The summed E-state index contributed by atoms with van der Waals surface area (Å²) in [4.78, 5) is 0.364. The molecule has 8 heteroatoms. The van der Waals surface area contributed by atoms with Crippen LogP contribution in [0.25, 0.3) is 10.8 Å². The Bertz CT molecular complexity index is 1680. The number of benzene rings is 4. The van der Waals surface area contributed by atoms with E-state index in [1.807, 2.05) is 38.1 Å². The number of allylic oxidation sites excluding steroid dienone is 2. The Morgan fingerprint density at radius 2 is 0.947 bits per heavy atom. The van der Waals surface area contributed by atoms with E-state index in [1.54, 1.807) is 48.5 Å². The quantitative estimate of drug-likeness (QED) is 0.268. The first-order valence-electron chi connectivity index (χ1n) is 12.6. The molecule has 4 aromatic rings. The van der Waals surface area contributed by atoms with E-state index < -0.39 is 20.0 Å². The van der Waals surface area contributed by atoms with Gasteiger partial charge in [0.25, 0.3) is 20.0 Å². The van der Waals surface area contributed by atoms with Crippen molar-refractivity contribution in [3.05, 3.63) is 107 Å². The highest BCUT2D eigenvalue weighted by Gasteiger charge is 2.37. The minimum atomic E-state index is -3.88. The lowest BCUT2D eigenvalue weighted by Crippen LogP contribution is -2.25. The minimum Gasteiger partial charge on any atom is -0.279 e. The van der Waals surface area contributed by atoms with Gasteiger partial charge in [0.15, 0.2) is 0 Å². The van der Waals surface area contributed by atoms with Crippen LogP contribution in [0, 0.1) is 13.8 Å². The molecule has 0 aliphatic heterocycles. The minimum absolute atomic E-state index is 0.0158. The van der Waals surface area contributed by atoms with Crippen LogP contribution < -0.4 is 9.44 Å². The predicted octanol–water partition coefficient (Wildman–Crippen LogP) is 6.59. The highest BCUT2D eigenvalue weighted by Crippen LogP contribution is 2.54. The first-order valence-corrected chi connectivity index (χ1v) is 15.6. The summed E-state index contributed by atoms with van der Waals surface area (Å²) in [6.07, 6.45) is 5.98. The summed E-state index contributed by atoms with van der Waals surface area (Å²) < 4.78 is 59.9. The van der Waals surface area contributed by atoms with Crippen molar-refractivity contribution in [1.29, 1.82) is 0 Å². The van der Waals surface area contributed by atoms with E-state index in [0.29, 0.717) is 22.1 Å². The average Bonchev–Trinajstić information content (AvgIpc) is 2.91. The molecule has 38 heavy (non-hydrogen) atoms. The molecule has 0 radical (unpaired) electrons. The summed E-state index contributed by atoms with van der Waals surface area (Å²) in [6.45, 7) is 3.82. The second-order valence-electron chi connectivity index (χ2n) is 10.1. The van der Waals surface area contributed by atoms with Crippen molar-refractivity contribution in [3.63, 3.8) is 0 Å². The van der Waals surface area contributed by atoms with Gasteiger partial charge in [0.1, 0.15) is 0 Å². The first kappa shape index (κ1) is 24.7. The molecule has 0 aromatic heterocycles. The van der Waals surface area contributed by atoms with Crippen LogP contribution >= 0.6 is 0 Å². The number of sulfonamides is 2. The molecule has 4 aromatic carbocycles. The fourth-order valence-electron chi connectivity index (χ4n) is 5.59. The lowest BCUT2D eigenvalue weighted by atomic mass is 9.69. The number of hydrogen-bond acceptors (Lipinski definition) is 4. The van der Waals surface area contributed by atoms with Crippen LogP contribution in [0.3, 0.4) is 0 Å². The molecule has 0 spiro atoms. The van der Waals surface area contributed by atoms with Crippen molar-refractivity contribution in [2.45, 2.75) is 48.3 Å². The Morgan fingerprint density at radius 3 is 1.29 bits per heavy atom. The van der Waals surface area contributed by atoms with Gasteiger partial charge in [-0.15, -0.1) is 0 Å². The monoisotopic (exact) mass is 544 g/mol. The van der Waals surface area contributed by atoms with E-state index in [2.05, 4.69) is 21.6 Å². The summed E-state index contributed by atoms with van der Waals surface area (Å²) in [5.74, 6) is -0.0316. The lowest BCUT2D eigenvalue weighted by molar-refractivity contribution is 0.556. The van der Waals surface area contributed by atoms with Gasteiger partial charge in [-0.3, -0.25) is 9.44 Å². The molecule has 0 saturated heterocycles. The molecule has 0 fully saturated rings. The number of hydrogen-bond donors (Lipinski definition) is 2. The van der Waals surface area contributed by atoms with Crippen LogP contribution in [0.1, 0.15) is 46.9 Å². The third-order valence-electron chi connectivity index (χ3n) is 7.54. The van der Waals surface area contributed by atoms with Crippen LogP contribution in [-0.4, -0.2) is 16.8 Å². The van der Waals surface area contributed by atoms with Crippen LogP contribution in [0.4, 0.5) is 11.4 Å². The summed E-state index contributed by atoms with van der Waals surface area (Å²) in [7, 11) is -7.76. The summed E-state index contributed by atoms with van der Waals surface area (Å²) in [6, 6.07) is 20.9. The van der Waals surface area contributed by atoms with E-state index in [0.717, 1.165) is 35.1 Å². The molecule has 2 N–H and O–H groups in total. The number of rotatable bonds is 6. The summed E-state index contributed by atoms with van der Waals surface area (Å²) >= 11 is 0. The maximum absolute atomic E-state index is 13.5. The van der Waals surface area contributed by atoms with Gasteiger partial charge in [-0.2, -0.15) is 0 Å². The van der Waals surface area contributed by atoms with Gasteiger partial charge < -0.3 is 0 Å². The van der Waals surface area contributed by atoms with Crippen molar-refractivity contribution >= 4 is 42.2 Å². The van der Waals surface area contributed by atoms with Gasteiger partial charge in [0, 0.05) is 22.6 Å². The molecular weight excluding hydrogens is 516 g/mol. The van der Waals surface area contributed by atoms with Crippen LogP contribution in [0.2, 0.25) is 0 Å². The standard InChI is InChI=1S/C30H28N2O4S2/c1-19-7-15-23(16-8-19)37(33,34)31-29-25-5-3-4-6-26(25)30(28-22-13-11-21(12-14-22)27(28)29)32-38(35,36)24-17-9-20(2)10-18-24/h3-11,13,15-18,21-22,31-32H,12,14H2,1-2H3/t21-,22+. The van der Waals surface area contributed by atoms with E-state index in [-0.39, 0.29) is 21.6 Å². The Kier molecular flexibility index (Phi) is 5.85. The molecular formula is C30H28N2O4S2. The van der Waals surface area contributed by atoms with Gasteiger partial charge in [-0.1, -0.05) is 71.8 Å². The topological polar surface area (TPSA) is 92.3 Å². The number of anilines is 2. The second kappa shape index (κ2) is 8.99. The molecule has 0 amide bonds. The van der Waals surface area contributed by atoms with Gasteiger partial charge >= 0.3 is 0 Å². The van der Waals surface area contributed by atoms with Crippen LogP contribution in [0.5, 0.6) is 0 Å². The van der Waals surface area contributed by atoms with Crippen LogP contribution in [-0.2, 0) is 20.0 Å². The van der Waals surface area contributed by atoms with Gasteiger partial charge in [0.05, 0.1) is 21.2 Å². The largest absolute Gasteiger partial charge is 0.279 e. The molecule has 6 nitrogen and oxygen atoms in total. The van der Waals surface area contributed by atoms with Crippen molar-refractivity contribution in [1.82, 2.24) is 0 Å². The average molecular weight is 545 g/mol. The zero-order valence-electron chi connectivity index (χ0n) is 21.1. The number of nitrogens with one attached hydrogen (secondary N) is 2. The van der Waals surface area contributed by atoms with Crippen molar-refractivity contribution in [2.24, 2.45) is 0 Å². The number of aryl methyl sites for hydroxylation is 2. The molecule has 7 rings (SSSR count). The molecule has 0 saturated carbocycles. The van der Waals surface area contributed by atoms with E-state index in [4.69, 9.17) is 0 Å². The van der Waals surface area contributed by atoms with E-state index in [1.165, 1.54) is 0 Å². The third-order valence-corrected chi connectivity index (χ3v) is 10.3. The molecule has 3 aliphatic carbocycles. The van der Waals surface area contributed by atoms with Crippen LogP contribution in [0.15, 0.2) is 94.7 Å². The van der Waals surface area contributed by atoms with E-state index >= 15 is 0 Å². The molecule has 194 valence electrons. The Labute approximate surface area is 223 Å². The third kappa shape index (κ3) is 4.18.